The Labute approximate surface area is 358 Å². The summed E-state index contributed by atoms with van der Waals surface area (Å²) in [6.07, 6.45) is 0. The maximum absolute atomic E-state index is 4.89. The van der Waals surface area contributed by atoms with Crippen molar-refractivity contribution in [1.82, 2.24) is 0 Å². The minimum absolute atomic E-state index is 0. The zero-order chi connectivity index (χ0) is 39.3. The van der Waals surface area contributed by atoms with E-state index < -0.39 is 49.4 Å². The van der Waals surface area contributed by atoms with Crippen LogP contribution in [0.15, 0.2) is 105 Å². The van der Waals surface area contributed by atoms with Crippen molar-refractivity contribution in [2.24, 2.45) is 14.0 Å². The molecule has 3 aromatic rings. The van der Waals surface area contributed by atoms with Gasteiger partial charge in [0, 0.05) is 49.4 Å². The minimum Gasteiger partial charge on any atom is -0.472 e. The van der Waals surface area contributed by atoms with E-state index >= 15 is 0 Å². The summed E-state index contributed by atoms with van der Waals surface area (Å²) in [7, 11) is -8.92. The van der Waals surface area contributed by atoms with Crippen molar-refractivity contribution in [3.63, 3.8) is 0 Å². The van der Waals surface area contributed by atoms with Crippen LogP contribution in [0.4, 0.5) is 0 Å². The van der Waals surface area contributed by atoms with Crippen molar-refractivity contribution in [3.8, 4) is 0 Å². The van der Waals surface area contributed by atoms with Gasteiger partial charge in [0.05, 0.1) is 0 Å². The molecule has 0 heterocycles. The third-order valence-electron chi connectivity index (χ3n) is 5.74. The summed E-state index contributed by atoms with van der Waals surface area (Å²) in [5.74, 6) is 2.89. The van der Waals surface area contributed by atoms with Crippen LogP contribution in [0.3, 0.4) is 0 Å². The molecule has 0 N–H and O–H groups in total. The van der Waals surface area contributed by atoms with Gasteiger partial charge in [-0.2, -0.15) is 0 Å². The van der Waals surface area contributed by atoms with Crippen LogP contribution in [-0.4, -0.2) is 66.9 Å². The molecule has 0 saturated carbocycles. The van der Waals surface area contributed by atoms with E-state index in [9.17, 15) is 0 Å². The van der Waals surface area contributed by atoms with Crippen molar-refractivity contribution < 1.29 is 40.4 Å². The van der Waals surface area contributed by atoms with E-state index in [1.54, 1.807) is 0 Å². The SMILES string of the molecule is C[Si](C)(C)/N=C(/[N-][Si](C)(C)C)c1ccccc1.C[Si](C)(C)/N=C(/[N-][Si](C)(C)C)c1ccccc1.C[Si](C)(C)/N=C(/[N-][Si](C)(C)C)c1ccccc1.[Sm+3]. The average molecular weight is 941 g/mol. The number of hydrogen-bond donors (Lipinski definition) is 0. The molecule has 0 spiro atoms. The molecule has 0 unspecified atom stereocenters. The molecule has 0 aliphatic rings. The predicted molar refractivity (Wildman–Crippen MR) is 249 cm³/mol. The second-order valence-corrected chi connectivity index (χ2v) is 46.2. The molecule has 3 aromatic carbocycles. The fourth-order valence-electron chi connectivity index (χ4n) is 4.13. The molecule has 0 atom stereocenters. The summed E-state index contributed by atoms with van der Waals surface area (Å²) in [4.78, 5) is 14.7. The summed E-state index contributed by atoms with van der Waals surface area (Å²) in [6, 6.07) is 31.0. The molecular weight excluding hydrogens is 871 g/mol. The third-order valence-corrected chi connectivity index (χ3v) is 11.0. The molecule has 0 aromatic heterocycles. The van der Waals surface area contributed by atoms with Crippen LogP contribution in [0, 0.1) is 40.4 Å². The van der Waals surface area contributed by atoms with Gasteiger partial charge in [0.15, 0.2) is 0 Å². The first-order chi connectivity index (χ1) is 23.0. The molecule has 3 rings (SSSR count). The fraction of sp³-hybridized carbons (Fsp3) is 0.462. The van der Waals surface area contributed by atoms with Gasteiger partial charge < -0.3 is 28.9 Å². The van der Waals surface area contributed by atoms with Crippen molar-refractivity contribution in [2.45, 2.75) is 118 Å². The second kappa shape index (κ2) is 21.7. The smallest absolute Gasteiger partial charge is 0.472 e. The standard InChI is InChI=1S/3C13H23N2Si2.Sm/c3*1-16(2,3)14-13(15-17(4,5)6)12-10-8-7-9-11-12;/h3*7-11H,1-6H3;/q3*-1;+3. The van der Waals surface area contributed by atoms with E-state index in [4.69, 9.17) is 28.9 Å². The van der Waals surface area contributed by atoms with Crippen molar-refractivity contribution in [3.05, 3.63) is 123 Å². The molecular formula is C39H69N6Si6Sm. The maximum atomic E-state index is 4.89. The van der Waals surface area contributed by atoms with E-state index in [1.807, 2.05) is 18.2 Å². The van der Waals surface area contributed by atoms with Crippen LogP contribution in [0.5, 0.6) is 0 Å². The summed E-state index contributed by atoms with van der Waals surface area (Å²) in [5, 5.41) is 0. The second-order valence-electron chi connectivity index (χ2n) is 18.8. The summed E-state index contributed by atoms with van der Waals surface area (Å²) in [6.45, 7) is 40.4. The zero-order valence-electron chi connectivity index (χ0n) is 35.8. The molecule has 1 radical (unpaired) electrons. The Hall–Kier alpha value is -1.29. The molecule has 0 saturated heterocycles. The Balaban J connectivity index is 0.000000743. The first-order valence-corrected chi connectivity index (χ1v) is 38.8. The molecule has 0 bridgehead atoms. The van der Waals surface area contributed by atoms with Gasteiger partial charge in [-0.1, -0.05) is 226 Å². The molecule has 285 valence electrons. The van der Waals surface area contributed by atoms with Gasteiger partial charge >= 0.3 is 40.4 Å². The Bertz CT molecular complexity index is 1350. The number of rotatable bonds is 9. The minimum atomic E-state index is -1.49. The van der Waals surface area contributed by atoms with Crippen molar-refractivity contribution in [2.75, 3.05) is 0 Å². The average Bonchev–Trinajstić information content (AvgIpc) is 2.94. The third kappa shape index (κ3) is 26.5. The molecule has 0 aliphatic carbocycles. The maximum Gasteiger partial charge on any atom is 3.00 e. The molecule has 6 nitrogen and oxygen atoms in total. The van der Waals surface area contributed by atoms with Crippen LogP contribution in [0.2, 0.25) is 118 Å². The Morgan fingerprint density at radius 2 is 0.500 bits per heavy atom. The number of nitrogens with zero attached hydrogens (tertiary/aromatic N) is 6. The normalized spacial score (nSPS) is 13.4. The van der Waals surface area contributed by atoms with Gasteiger partial charge in [-0.3, -0.25) is 0 Å². The van der Waals surface area contributed by atoms with Crippen LogP contribution >= 0.6 is 0 Å². The predicted octanol–water partition coefficient (Wildman–Crippen LogP) is 13.4. The van der Waals surface area contributed by atoms with Crippen molar-refractivity contribution >= 4 is 66.9 Å². The number of hydrogen-bond acceptors (Lipinski definition) is 3. The van der Waals surface area contributed by atoms with E-state index in [0.717, 1.165) is 34.2 Å². The van der Waals surface area contributed by atoms with Crippen LogP contribution in [0.1, 0.15) is 16.7 Å². The molecule has 52 heavy (non-hydrogen) atoms. The van der Waals surface area contributed by atoms with Crippen LogP contribution in [0.25, 0.3) is 14.9 Å². The van der Waals surface area contributed by atoms with Gasteiger partial charge in [-0.25, -0.2) is 0 Å². The number of benzene rings is 3. The van der Waals surface area contributed by atoms with Crippen LogP contribution < -0.4 is 0 Å². The zero-order valence-corrected chi connectivity index (χ0v) is 44.4. The first kappa shape index (κ1) is 50.7. The molecule has 13 heteroatoms. The monoisotopic (exact) mass is 941 g/mol. The molecule has 0 fully saturated rings. The fourth-order valence-corrected chi connectivity index (χ4v) is 9.32. The van der Waals surface area contributed by atoms with Gasteiger partial charge in [0.25, 0.3) is 0 Å². The van der Waals surface area contributed by atoms with Gasteiger partial charge in [0.1, 0.15) is 0 Å². The summed E-state index contributed by atoms with van der Waals surface area (Å²) < 4.78 is 14.7. The van der Waals surface area contributed by atoms with Crippen LogP contribution in [-0.2, 0) is 0 Å². The Morgan fingerprint density at radius 1 is 0.327 bits per heavy atom. The quantitative estimate of drug-likeness (QED) is 0.116. The molecule has 0 amide bonds. The Kier molecular flexibility index (Phi) is 21.2. The van der Waals surface area contributed by atoms with Gasteiger partial charge in [-0.15, -0.1) is 0 Å². The van der Waals surface area contributed by atoms with Crippen molar-refractivity contribution in [1.29, 1.82) is 0 Å². The summed E-state index contributed by atoms with van der Waals surface area (Å²) >= 11 is 0. The van der Waals surface area contributed by atoms with E-state index in [1.165, 1.54) is 0 Å². The van der Waals surface area contributed by atoms with E-state index in [2.05, 4.69) is 191 Å². The van der Waals surface area contributed by atoms with E-state index in [-0.39, 0.29) is 40.4 Å². The van der Waals surface area contributed by atoms with Gasteiger partial charge in [0.2, 0.25) is 0 Å². The Morgan fingerprint density at radius 3 is 0.635 bits per heavy atom. The molecule has 0 aliphatic heterocycles. The largest absolute Gasteiger partial charge is 3.00 e. The topological polar surface area (TPSA) is 79.4 Å². The summed E-state index contributed by atoms with van der Waals surface area (Å²) in [5.41, 5.74) is 3.45. The van der Waals surface area contributed by atoms with Gasteiger partial charge in [-0.05, 0) is 16.7 Å². The van der Waals surface area contributed by atoms with E-state index in [0.29, 0.717) is 0 Å². The first-order valence-electron chi connectivity index (χ1n) is 18.2. The number of amidine groups is 3.